The van der Waals surface area contributed by atoms with E-state index in [1.807, 2.05) is 0 Å². The fourth-order valence-corrected chi connectivity index (χ4v) is 7.49. The molecule has 2 heterocycles. The van der Waals surface area contributed by atoms with Crippen LogP contribution in [0.5, 0.6) is 0 Å². The fourth-order valence-electron chi connectivity index (χ4n) is 7.49. The van der Waals surface area contributed by atoms with Crippen LogP contribution in [0, 0.1) is 0 Å². The highest BCUT2D eigenvalue weighted by Crippen LogP contribution is 2.30. The van der Waals surface area contributed by atoms with Gasteiger partial charge in [0.2, 0.25) is 0 Å². The van der Waals surface area contributed by atoms with Crippen molar-refractivity contribution in [1.82, 2.24) is 0 Å². The Kier molecular flexibility index (Phi) is 30.6. The Bertz CT molecular complexity index is 883. The van der Waals surface area contributed by atoms with E-state index in [2.05, 4.69) is 13.8 Å². The van der Waals surface area contributed by atoms with E-state index in [0.717, 1.165) is 25.7 Å². The zero-order valence-corrected chi connectivity index (χ0v) is 35.1. The molecular formula is C43H84O13. The maximum absolute atomic E-state index is 11.0. The molecule has 0 radical (unpaired) electrons. The van der Waals surface area contributed by atoms with Gasteiger partial charge in [0, 0.05) is 13.2 Å². The van der Waals surface area contributed by atoms with Crippen molar-refractivity contribution in [3.05, 3.63) is 0 Å². The van der Waals surface area contributed by atoms with Crippen molar-refractivity contribution in [2.45, 2.75) is 235 Å². The second-order valence-corrected chi connectivity index (χ2v) is 16.2. The third kappa shape index (κ3) is 21.1. The summed E-state index contributed by atoms with van der Waals surface area (Å²) in [5, 5.41) is 72.2. The predicted molar refractivity (Wildman–Crippen MR) is 215 cm³/mol. The molecule has 11 atom stereocenters. The van der Waals surface area contributed by atoms with E-state index < -0.39 is 80.7 Å². The number of ether oxygens (including phenoxy) is 6. The zero-order chi connectivity index (χ0) is 40.8. The summed E-state index contributed by atoms with van der Waals surface area (Å²) >= 11 is 0. The SMILES string of the molecule is CCCCCCCCCCCCCCOCC(CO[C@@H]1O[C@H](CO)[C@@H](O[C@H]2O[C@H](CO)[C@@H](O)[C@H](O)[C@H]2O)[C@H](O)[C@H]1O)OCCCCCCCCCCCCCC. The number of unbranched alkanes of at least 4 members (excludes halogenated alkanes) is 22. The van der Waals surface area contributed by atoms with Crippen molar-refractivity contribution in [2.75, 3.05) is 39.6 Å². The lowest BCUT2D eigenvalue weighted by Crippen LogP contribution is -2.64. The molecule has 2 saturated heterocycles. The van der Waals surface area contributed by atoms with Gasteiger partial charge in [0.05, 0.1) is 26.4 Å². The van der Waals surface area contributed by atoms with Crippen LogP contribution in [-0.2, 0) is 28.4 Å². The minimum absolute atomic E-state index is 0.0154. The molecule has 0 aliphatic carbocycles. The molecule has 2 fully saturated rings. The Morgan fingerprint density at radius 1 is 0.446 bits per heavy atom. The Morgan fingerprint density at radius 3 is 1.36 bits per heavy atom. The van der Waals surface area contributed by atoms with E-state index >= 15 is 0 Å². The lowest BCUT2D eigenvalue weighted by atomic mass is 9.97. The number of rotatable bonds is 36. The molecule has 2 aliphatic rings. The van der Waals surface area contributed by atoms with E-state index in [9.17, 15) is 35.7 Å². The second kappa shape index (κ2) is 33.2. The Morgan fingerprint density at radius 2 is 0.875 bits per heavy atom. The van der Waals surface area contributed by atoms with Crippen LogP contribution in [0.2, 0.25) is 0 Å². The standard InChI is InChI=1S/C43H84O13/c1-3-5-7-9-11-13-15-17-19-21-23-25-27-51-31-33(52-28-26-24-22-20-18-16-14-12-10-8-6-4-2)32-53-42-40(50)38(48)41(35(30-45)55-42)56-43-39(49)37(47)36(46)34(29-44)54-43/h33-50H,3-32H2,1-2H3/t33?,34-,35-,36-,37+,38-,39-,40-,41-,42-,43-/m1/s1. The molecule has 2 aliphatic heterocycles. The van der Waals surface area contributed by atoms with Crippen molar-refractivity contribution in [3.63, 3.8) is 0 Å². The molecule has 0 spiro atoms. The summed E-state index contributed by atoms with van der Waals surface area (Å²) in [4.78, 5) is 0. The molecule has 334 valence electrons. The van der Waals surface area contributed by atoms with Gasteiger partial charge in [-0.15, -0.1) is 0 Å². The molecule has 0 bridgehead atoms. The lowest BCUT2D eigenvalue weighted by Gasteiger charge is -2.46. The summed E-state index contributed by atoms with van der Waals surface area (Å²) in [5.41, 5.74) is 0. The summed E-state index contributed by atoms with van der Waals surface area (Å²) in [6.45, 7) is 4.67. The number of hydrogen-bond acceptors (Lipinski definition) is 13. The van der Waals surface area contributed by atoms with Crippen LogP contribution in [-0.4, -0.2) is 143 Å². The van der Waals surface area contributed by atoms with Crippen LogP contribution in [0.15, 0.2) is 0 Å². The topological polar surface area (TPSA) is 197 Å². The third-order valence-electron chi connectivity index (χ3n) is 11.2. The van der Waals surface area contributed by atoms with Crippen LogP contribution < -0.4 is 0 Å². The van der Waals surface area contributed by atoms with Crippen LogP contribution in [0.25, 0.3) is 0 Å². The highest BCUT2D eigenvalue weighted by Gasteiger charge is 2.50. The molecule has 13 heteroatoms. The highest BCUT2D eigenvalue weighted by atomic mass is 16.7. The van der Waals surface area contributed by atoms with Gasteiger partial charge in [-0.25, -0.2) is 0 Å². The molecule has 56 heavy (non-hydrogen) atoms. The molecule has 1 unspecified atom stereocenters. The first-order valence-electron chi connectivity index (χ1n) is 22.7. The van der Waals surface area contributed by atoms with Gasteiger partial charge in [-0.3, -0.25) is 0 Å². The third-order valence-corrected chi connectivity index (χ3v) is 11.2. The van der Waals surface area contributed by atoms with Crippen LogP contribution in [0.3, 0.4) is 0 Å². The van der Waals surface area contributed by atoms with E-state index in [0.29, 0.717) is 19.8 Å². The van der Waals surface area contributed by atoms with Gasteiger partial charge in [-0.2, -0.15) is 0 Å². The summed E-state index contributed by atoms with van der Waals surface area (Å²) in [6.07, 6.45) is 14.8. The van der Waals surface area contributed by atoms with Gasteiger partial charge in [-0.05, 0) is 12.8 Å². The number of hydrogen-bond donors (Lipinski definition) is 7. The van der Waals surface area contributed by atoms with Gasteiger partial charge in [0.1, 0.15) is 54.9 Å². The van der Waals surface area contributed by atoms with E-state index in [1.54, 1.807) is 0 Å². The Labute approximate surface area is 338 Å². The highest BCUT2D eigenvalue weighted by molar-refractivity contribution is 4.94. The van der Waals surface area contributed by atoms with Crippen LogP contribution in [0.1, 0.15) is 168 Å². The monoisotopic (exact) mass is 809 g/mol. The Balaban J connectivity index is 1.78. The first kappa shape index (κ1) is 51.6. The Hall–Kier alpha value is -0.520. The molecule has 13 nitrogen and oxygen atoms in total. The van der Waals surface area contributed by atoms with Crippen molar-refractivity contribution in [2.24, 2.45) is 0 Å². The first-order valence-corrected chi connectivity index (χ1v) is 22.7. The molecule has 0 aromatic heterocycles. The minimum Gasteiger partial charge on any atom is -0.394 e. The quantitative estimate of drug-likeness (QED) is 0.0396. The minimum atomic E-state index is -1.73. The average molecular weight is 809 g/mol. The average Bonchev–Trinajstić information content (AvgIpc) is 3.20. The van der Waals surface area contributed by atoms with Gasteiger partial charge in [0.25, 0.3) is 0 Å². The normalized spacial score (nSPS) is 28.9. The van der Waals surface area contributed by atoms with Crippen molar-refractivity contribution in [1.29, 1.82) is 0 Å². The lowest BCUT2D eigenvalue weighted by molar-refractivity contribution is -0.360. The van der Waals surface area contributed by atoms with Gasteiger partial charge < -0.3 is 64.2 Å². The van der Waals surface area contributed by atoms with E-state index in [-0.39, 0.29) is 6.61 Å². The number of aliphatic hydroxyl groups excluding tert-OH is 7. The maximum atomic E-state index is 11.0. The van der Waals surface area contributed by atoms with Crippen molar-refractivity contribution >= 4 is 0 Å². The van der Waals surface area contributed by atoms with Gasteiger partial charge >= 0.3 is 0 Å². The first-order chi connectivity index (χ1) is 27.3. The smallest absolute Gasteiger partial charge is 0.187 e. The van der Waals surface area contributed by atoms with Crippen LogP contribution >= 0.6 is 0 Å². The number of aliphatic hydroxyl groups is 7. The second-order valence-electron chi connectivity index (χ2n) is 16.2. The molecule has 0 aromatic carbocycles. The van der Waals surface area contributed by atoms with Crippen molar-refractivity contribution < 1.29 is 64.2 Å². The largest absolute Gasteiger partial charge is 0.394 e. The molecule has 0 saturated carbocycles. The summed E-state index contributed by atoms with van der Waals surface area (Å²) in [6, 6.07) is 0. The predicted octanol–water partition coefficient (Wildman–Crippen LogP) is 5.43. The summed E-state index contributed by atoms with van der Waals surface area (Å²) in [5.74, 6) is 0. The molecule has 2 rings (SSSR count). The van der Waals surface area contributed by atoms with Crippen LogP contribution in [0.4, 0.5) is 0 Å². The fraction of sp³-hybridized carbons (Fsp3) is 1.00. The zero-order valence-electron chi connectivity index (χ0n) is 35.1. The maximum Gasteiger partial charge on any atom is 0.187 e. The molecule has 0 aromatic rings. The van der Waals surface area contributed by atoms with E-state index in [4.69, 9.17) is 28.4 Å². The summed E-state index contributed by atoms with van der Waals surface area (Å²) in [7, 11) is 0. The van der Waals surface area contributed by atoms with Crippen molar-refractivity contribution in [3.8, 4) is 0 Å². The van der Waals surface area contributed by atoms with E-state index in [1.165, 1.54) is 128 Å². The summed E-state index contributed by atoms with van der Waals surface area (Å²) < 4.78 is 35.0. The van der Waals surface area contributed by atoms with Gasteiger partial charge in [0.15, 0.2) is 12.6 Å². The molecular weight excluding hydrogens is 724 g/mol. The molecule has 7 N–H and O–H groups in total. The molecule has 0 amide bonds. The van der Waals surface area contributed by atoms with Gasteiger partial charge in [-0.1, -0.05) is 155 Å².